The minimum Gasteiger partial charge on any atom is -0.488 e. The maximum Gasteiger partial charge on any atom is 0.255 e. The fourth-order valence-electron chi connectivity index (χ4n) is 3.57. The number of benzene rings is 2. The lowest BCUT2D eigenvalue weighted by Crippen LogP contribution is -2.46. The number of nitrogens with zero attached hydrogens (tertiary/aromatic N) is 1. The van der Waals surface area contributed by atoms with Crippen LogP contribution in [0.25, 0.3) is 0 Å². The van der Waals surface area contributed by atoms with E-state index in [0.29, 0.717) is 24.0 Å². The molecule has 2 aromatic rings. The maximum atomic E-state index is 12.8. The van der Waals surface area contributed by atoms with Gasteiger partial charge in [-0.05, 0) is 51.3 Å². The van der Waals surface area contributed by atoms with Gasteiger partial charge in [0, 0.05) is 25.2 Å². The van der Waals surface area contributed by atoms with E-state index in [1.54, 1.807) is 0 Å². The lowest BCUT2D eigenvalue weighted by molar-refractivity contribution is 0.0896. The van der Waals surface area contributed by atoms with Crippen molar-refractivity contribution < 1.29 is 9.53 Å². The topological polar surface area (TPSA) is 41.6 Å². The lowest BCUT2D eigenvalue weighted by atomic mass is 10.0. The summed E-state index contributed by atoms with van der Waals surface area (Å²) < 4.78 is 5.97. The number of hydrogen-bond acceptors (Lipinski definition) is 3. The first-order valence-corrected chi connectivity index (χ1v) is 9.85. The summed E-state index contributed by atoms with van der Waals surface area (Å²) in [6, 6.07) is 16.5. The van der Waals surface area contributed by atoms with Crippen molar-refractivity contribution in [2.75, 3.05) is 13.1 Å². The highest BCUT2D eigenvalue weighted by Crippen LogP contribution is 2.21. The molecule has 3 rings (SSSR count). The highest BCUT2D eigenvalue weighted by molar-refractivity contribution is 5.97. The largest absolute Gasteiger partial charge is 0.488 e. The van der Waals surface area contributed by atoms with Crippen molar-refractivity contribution in [3.05, 3.63) is 65.2 Å². The van der Waals surface area contributed by atoms with Crippen LogP contribution in [0.2, 0.25) is 0 Å². The normalized spacial score (nSPS) is 15.7. The van der Waals surface area contributed by atoms with E-state index in [2.05, 4.69) is 43.1 Å². The lowest BCUT2D eigenvalue weighted by Gasteiger charge is -2.34. The molecule has 0 aromatic heterocycles. The molecule has 27 heavy (non-hydrogen) atoms. The number of rotatable bonds is 6. The van der Waals surface area contributed by atoms with E-state index in [0.717, 1.165) is 31.5 Å². The molecule has 0 unspecified atom stereocenters. The second-order valence-electron chi connectivity index (χ2n) is 7.65. The molecular formula is C23H30N2O2. The standard InChI is InChI=1S/C23H30N2O2/c1-17(2)25-13-11-20(12-14-25)24-23(26)21-9-4-5-10-22(21)27-16-19-8-6-7-18(3)15-19/h4-10,15,17,20H,11-14,16H2,1-3H3,(H,24,26). The van der Waals surface area contributed by atoms with Crippen LogP contribution in [0.4, 0.5) is 0 Å². The molecule has 4 nitrogen and oxygen atoms in total. The third-order valence-electron chi connectivity index (χ3n) is 5.20. The molecule has 1 N–H and O–H groups in total. The number of para-hydroxylation sites is 1. The SMILES string of the molecule is Cc1cccc(COc2ccccc2C(=O)NC2CCN(C(C)C)CC2)c1. The molecule has 1 aliphatic heterocycles. The summed E-state index contributed by atoms with van der Waals surface area (Å²) in [6.45, 7) is 9.04. The van der Waals surface area contributed by atoms with Crippen LogP contribution in [-0.2, 0) is 6.61 Å². The van der Waals surface area contributed by atoms with Crippen LogP contribution >= 0.6 is 0 Å². The Morgan fingerprint density at radius 3 is 2.59 bits per heavy atom. The molecule has 0 bridgehead atoms. The van der Waals surface area contributed by atoms with Gasteiger partial charge in [0.2, 0.25) is 0 Å². The summed E-state index contributed by atoms with van der Waals surface area (Å²) in [5.74, 6) is 0.592. The number of nitrogens with one attached hydrogen (secondary N) is 1. The van der Waals surface area contributed by atoms with Gasteiger partial charge in [-0.1, -0.05) is 42.0 Å². The van der Waals surface area contributed by atoms with Gasteiger partial charge in [-0.2, -0.15) is 0 Å². The van der Waals surface area contributed by atoms with E-state index < -0.39 is 0 Å². The number of hydrogen-bond donors (Lipinski definition) is 1. The van der Waals surface area contributed by atoms with Crippen LogP contribution in [0.1, 0.15) is 48.2 Å². The minimum absolute atomic E-state index is 0.0437. The Bertz CT molecular complexity index is 764. The van der Waals surface area contributed by atoms with E-state index in [9.17, 15) is 4.79 Å². The predicted octanol–water partition coefficient (Wildman–Crippen LogP) is 4.18. The van der Waals surface area contributed by atoms with Gasteiger partial charge in [0.1, 0.15) is 12.4 Å². The maximum absolute atomic E-state index is 12.8. The molecule has 1 aliphatic rings. The van der Waals surface area contributed by atoms with Gasteiger partial charge in [0.05, 0.1) is 5.56 Å². The third-order valence-corrected chi connectivity index (χ3v) is 5.20. The van der Waals surface area contributed by atoms with Crippen molar-refractivity contribution in [3.8, 4) is 5.75 Å². The monoisotopic (exact) mass is 366 g/mol. The van der Waals surface area contributed by atoms with Gasteiger partial charge in [-0.25, -0.2) is 0 Å². The van der Waals surface area contributed by atoms with Crippen LogP contribution in [0.15, 0.2) is 48.5 Å². The Labute approximate surface area is 162 Å². The summed E-state index contributed by atoms with van der Waals surface area (Å²) in [7, 11) is 0. The molecule has 0 radical (unpaired) electrons. The molecule has 2 aromatic carbocycles. The first kappa shape index (κ1) is 19.4. The smallest absolute Gasteiger partial charge is 0.255 e. The van der Waals surface area contributed by atoms with Crippen LogP contribution in [-0.4, -0.2) is 36.0 Å². The first-order valence-electron chi connectivity index (χ1n) is 9.85. The summed E-state index contributed by atoms with van der Waals surface area (Å²) in [5.41, 5.74) is 2.91. The van der Waals surface area contributed by atoms with E-state index in [4.69, 9.17) is 4.74 Å². The van der Waals surface area contributed by atoms with Crippen molar-refractivity contribution in [2.24, 2.45) is 0 Å². The Morgan fingerprint density at radius 2 is 1.89 bits per heavy atom. The Kier molecular flexibility index (Phi) is 6.51. The van der Waals surface area contributed by atoms with Crippen LogP contribution in [0.3, 0.4) is 0 Å². The fourth-order valence-corrected chi connectivity index (χ4v) is 3.57. The van der Waals surface area contributed by atoms with Crippen molar-refractivity contribution in [1.29, 1.82) is 0 Å². The molecule has 0 atom stereocenters. The van der Waals surface area contributed by atoms with Crippen molar-refractivity contribution in [3.63, 3.8) is 0 Å². The van der Waals surface area contributed by atoms with E-state index >= 15 is 0 Å². The summed E-state index contributed by atoms with van der Waals surface area (Å²) in [4.78, 5) is 15.3. The molecule has 144 valence electrons. The second kappa shape index (κ2) is 9.05. The molecular weight excluding hydrogens is 336 g/mol. The second-order valence-corrected chi connectivity index (χ2v) is 7.65. The van der Waals surface area contributed by atoms with Crippen molar-refractivity contribution in [1.82, 2.24) is 10.2 Å². The number of ether oxygens (including phenoxy) is 1. The van der Waals surface area contributed by atoms with Gasteiger partial charge in [-0.3, -0.25) is 4.79 Å². The third kappa shape index (κ3) is 5.33. The van der Waals surface area contributed by atoms with Gasteiger partial charge >= 0.3 is 0 Å². The zero-order chi connectivity index (χ0) is 19.2. The Morgan fingerprint density at radius 1 is 1.15 bits per heavy atom. The molecule has 0 saturated carbocycles. The number of amides is 1. The van der Waals surface area contributed by atoms with Gasteiger partial charge in [0.25, 0.3) is 5.91 Å². The molecule has 0 spiro atoms. The van der Waals surface area contributed by atoms with Crippen LogP contribution in [0.5, 0.6) is 5.75 Å². The molecule has 4 heteroatoms. The average molecular weight is 367 g/mol. The Balaban J connectivity index is 1.60. The molecule has 1 amide bonds. The average Bonchev–Trinajstić information content (AvgIpc) is 2.67. The summed E-state index contributed by atoms with van der Waals surface area (Å²) in [6.07, 6.45) is 1.99. The summed E-state index contributed by atoms with van der Waals surface area (Å²) >= 11 is 0. The molecule has 1 fully saturated rings. The minimum atomic E-state index is -0.0437. The van der Waals surface area contributed by atoms with Crippen LogP contribution in [0, 0.1) is 6.92 Å². The van der Waals surface area contributed by atoms with Gasteiger partial charge in [0.15, 0.2) is 0 Å². The van der Waals surface area contributed by atoms with Crippen molar-refractivity contribution in [2.45, 2.75) is 52.3 Å². The number of piperidine rings is 1. The van der Waals surface area contributed by atoms with Gasteiger partial charge < -0.3 is 15.0 Å². The number of carbonyl (C=O) groups excluding carboxylic acids is 1. The molecule has 1 heterocycles. The number of aryl methyl sites for hydroxylation is 1. The van der Waals surface area contributed by atoms with E-state index in [1.807, 2.05) is 36.4 Å². The van der Waals surface area contributed by atoms with Crippen LogP contribution < -0.4 is 10.1 Å². The fraction of sp³-hybridized carbons (Fsp3) is 0.435. The highest BCUT2D eigenvalue weighted by Gasteiger charge is 2.23. The number of carbonyl (C=O) groups is 1. The van der Waals surface area contributed by atoms with E-state index in [1.165, 1.54) is 5.56 Å². The molecule has 1 saturated heterocycles. The van der Waals surface area contributed by atoms with Crippen molar-refractivity contribution >= 4 is 5.91 Å². The zero-order valence-corrected chi connectivity index (χ0v) is 16.6. The predicted molar refractivity (Wildman–Crippen MR) is 109 cm³/mol. The zero-order valence-electron chi connectivity index (χ0n) is 16.6. The summed E-state index contributed by atoms with van der Waals surface area (Å²) in [5, 5.41) is 3.20. The molecule has 0 aliphatic carbocycles. The first-order chi connectivity index (χ1) is 13.0. The van der Waals surface area contributed by atoms with E-state index in [-0.39, 0.29) is 11.9 Å². The number of likely N-dealkylation sites (tertiary alicyclic amines) is 1. The highest BCUT2D eigenvalue weighted by atomic mass is 16.5. The van der Waals surface area contributed by atoms with Gasteiger partial charge in [-0.15, -0.1) is 0 Å². The quantitative estimate of drug-likeness (QED) is 0.834. The Hall–Kier alpha value is -2.33.